The van der Waals surface area contributed by atoms with Crippen molar-refractivity contribution in [1.82, 2.24) is 4.98 Å². The lowest BCUT2D eigenvalue weighted by Gasteiger charge is -1.89. The zero-order valence-electron chi connectivity index (χ0n) is 6.13. The highest BCUT2D eigenvalue weighted by molar-refractivity contribution is 7.07. The Bertz CT molecular complexity index is 308. The lowest BCUT2D eigenvalue weighted by molar-refractivity contribution is 0.995. The van der Waals surface area contributed by atoms with E-state index < -0.39 is 0 Å². The second-order valence-electron chi connectivity index (χ2n) is 2.13. The molecule has 0 atom stereocenters. The fourth-order valence-electron chi connectivity index (χ4n) is 0.601. The summed E-state index contributed by atoms with van der Waals surface area (Å²) in [6.07, 6.45) is 0. The molecule has 60 valence electrons. The molecule has 0 amide bonds. The van der Waals surface area contributed by atoms with Crippen LogP contribution in [-0.4, -0.2) is 10.8 Å². The summed E-state index contributed by atoms with van der Waals surface area (Å²) in [4.78, 5) is 17.1. The van der Waals surface area contributed by atoms with E-state index in [4.69, 9.17) is 5.73 Å². The maximum absolute atomic E-state index is 10.6. The van der Waals surface area contributed by atoms with Gasteiger partial charge in [0, 0.05) is 5.38 Å². The van der Waals surface area contributed by atoms with E-state index in [0.717, 1.165) is 17.0 Å². The summed E-state index contributed by atoms with van der Waals surface area (Å²) in [6, 6.07) is 0. The Morgan fingerprint density at radius 1 is 1.91 bits per heavy atom. The summed E-state index contributed by atoms with van der Waals surface area (Å²) >= 11 is 1.13. The van der Waals surface area contributed by atoms with Crippen molar-refractivity contribution in [3.8, 4) is 0 Å². The molecule has 0 aliphatic carbocycles. The second kappa shape index (κ2) is 3.34. The molecule has 0 aromatic carbocycles. The van der Waals surface area contributed by atoms with Crippen molar-refractivity contribution in [3.63, 3.8) is 0 Å². The number of aromatic nitrogens is 1. The minimum Gasteiger partial charge on any atom is -0.388 e. The summed E-state index contributed by atoms with van der Waals surface area (Å²) in [6.45, 7) is 2.17. The van der Waals surface area contributed by atoms with Crippen LogP contribution in [0.2, 0.25) is 0 Å². The summed E-state index contributed by atoms with van der Waals surface area (Å²) in [5.74, 6) is 0.525. The van der Waals surface area contributed by atoms with Gasteiger partial charge < -0.3 is 10.7 Å². The number of nitrogens with two attached hydrogens (primary N) is 1. The molecular weight excluding hydrogens is 162 g/mol. The minimum atomic E-state index is -0.0510. The van der Waals surface area contributed by atoms with E-state index in [-0.39, 0.29) is 4.87 Å². The van der Waals surface area contributed by atoms with Crippen LogP contribution in [0.5, 0.6) is 0 Å². The topological polar surface area (TPSA) is 71.2 Å². The van der Waals surface area contributed by atoms with Crippen LogP contribution in [-0.2, 0) is 6.54 Å². The highest BCUT2D eigenvalue weighted by Crippen LogP contribution is 1.96. The molecule has 0 fully saturated rings. The Kier molecular flexibility index (Phi) is 2.43. The standard InChI is InChI=1S/C6H9N3OS/c1-4(7)8-2-5-3-11-6(10)9-5/h3H,2H2,1H3,(H2,7,8)(H,9,10). The van der Waals surface area contributed by atoms with E-state index in [1.54, 1.807) is 12.3 Å². The predicted molar refractivity (Wildman–Crippen MR) is 45.9 cm³/mol. The minimum absolute atomic E-state index is 0.0510. The number of nitrogens with one attached hydrogen (secondary N) is 1. The Hall–Kier alpha value is -1.10. The third-order valence-corrected chi connectivity index (χ3v) is 1.79. The summed E-state index contributed by atoms with van der Waals surface area (Å²) in [7, 11) is 0. The van der Waals surface area contributed by atoms with E-state index in [9.17, 15) is 4.79 Å². The van der Waals surface area contributed by atoms with Gasteiger partial charge in [-0.05, 0) is 6.92 Å². The molecule has 0 bridgehead atoms. The van der Waals surface area contributed by atoms with Gasteiger partial charge in [0.1, 0.15) is 0 Å². The van der Waals surface area contributed by atoms with Crippen LogP contribution in [0.1, 0.15) is 12.6 Å². The zero-order valence-corrected chi connectivity index (χ0v) is 6.94. The molecule has 1 rings (SSSR count). The van der Waals surface area contributed by atoms with Gasteiger partial charge in [-0.2, -0.15) is 0 Å². The van der Waals surface area contributed by atoms with Gasteiger partial charge in [-0.3, -0.25) is 9.79 Å². The van der Waals surface area contributed by atoms with Crippen LogP contribution in [0.15, 0.2) is 15.2 Å². The lowest BCUT2D eigenvalue weighted by Crippen LogP contribution is -2.05. The quantitative estimate of drug-likeness (QED) is 0.496. The number of aromatic amines is 1. The summed E-state index contributed by atoms with van der Waals surface area (Å²) < 4.78 is 0. The molecule has 1 aromatic rings. The van der Waals surface area contributed by atoms with E-state index in [1.165, 1.54) is 0 Å². The highest BCUT2D eigenvalue weighted by Gasteiger charge is 1.93. The fourth-order valence-corrected chi connectivity index (χ4v) is 1.17. The van der Waals surface area contributed by atoms with Gasteiger partial charge in [0.15, 0.2) is 0 Å². The molecule has 11 heavy (non-hydrogen) atoms. The Morgan fingerprint density at radius 2 is 2.64 bits per heavy atom. The molecule has 1 aromatic heterocycles. The SMILES string of the molecule is CC(N)=NCc1csc(=O)[nH]1. The third-order valence-electron chi connectivity index (χ3n) is 1.07. The molecular formula is C6H9N3OS. The number of thiazole rings is 1. The lowest BCUT2D eigenvalue weighted by atomic mass is 10.5. The molecule has 0 saturated heterocycles. The number of aliphatic imine (C=N–C) groups is 1. The van der Waals surface area contributed by atoms with Crippen molar-refractivity contribution in [2.45, 2.75) is 13.5 Å². The molecule has 0 aliphatic heterocycles. The first-order chi connectivity index (χ1) is 5.18. The Labute approximate surface area is 67.8 Å². The second-order valence-corrected chi connectivity index (χ2v) is 2.97. The average Bonchev–Trinajstić information content (AvgIpc) is 2.31. The number of H-pyrrole nitrogens is 1. The molecule has 0 unspecified atom stereocenters. The van der Waals surface area contributed by atoms with Gasteiger partial charge in [-0.1, -0.05) is 11.3 Å². The molecule has 5 heteroatoms. The molecule has 0 radical (unpaired) electrons. The largest absolute Gasteiger partial charge is 0.388 e. The molecule has 0 aliphatic rings. The van der Waals surface area contributed by atoms with Gasteiger partial charge in [-0.15, -0.1) is 0 Å². The van der Waals surface area contributed by atoms with Crippen LogP contribution >= 0.6 is 11.3 Å². The molecule has 0 spiro atoms. The van der Waals surface area contributed by atoms with Crippen LogP contribution < -0.4 is 10.6 Å². The average molecular weight is 171 g/mol. The number of hydrogen-bond donors (Lipinski definition) is 2. The van der Waals surface area contributed by atoms with Crippen molar-refractivity contribution in [2.75, 3.05) is 0 Å². The number of hydrogen-bond acceptors (Lipinski definition) is 3. The first kappa shape index (κ1) is 8.00. The zero-order chi connectivity index (χ0) is 8.27. The maximum atomic E-state index is 10.6. The normalized spacial score (nSPS) is 11.9. The van der Waals surface area contributed by atoms with Gasteiger partial charge in [-0.25, -0.2) is 0 Å². The fraction of sp³-hybridized carbons (Fsp3) is 0.333. The molecule has 1 heterocycles. The van der Waals surface area contributed by atoms with Crippen molar-refractivity contribution in [3.05, 3.63) is 20.7 Å². The van der Waals surface area contributed by atoms with Gasteiger partial charge >= 0.3 is 4.87 Å². The van der Waals surface area contributed by atoms with Crippen molar-refractivity contribution >= 4 is 17.2 Å². The van der Waals surface area contributed by atoms with E-state index in [0.29, 0.717) is 12.4 Å². The first-order valence-corrected chi connectivity index (χ1v) is 3.99. The molecule has 0 saturated carbocycles. The number of rotatable bonds is 2. The van der Waals surface area contributed by atoms with E-state index in [2.05, 4.69) is 9.98 Å². The molecule has 4 nitrogen and oxygen atoms in total. The molecule has 3 N–H and O–H groups in total. The van der Waals surface area contributed by atoms with Crippen molar-refractivity contribution in [1.29, 1.82) is 0 Å². The van der Waals surface area contributed by atoms with E-state index >= 15 is 0 Å². The number of nitrogens with zero attached hydrogens (tertiary/aromatic N) is 1. The van der Waals surface area contributed by atoms with Crippen LogP contribution in [0.25, 0.3) is 0 Å². The van der Waals surface area contributed by atoms with Gasteiger partial charge in [0.2, 0.25) is 0 Å². The van der Waals surface area contributed by atoms with Crippen molar-refractivity contribution in [2.24, 2.45) is 10.7 Å². The monoisotopic (exact) mass is 171 g/mol. The first-order valence-electron chi connectivity index (χ1n) is 3.11. The van der Waals surface area contributed by atoms with Gasteiger partial charge in [0.05, 0.1) is 18.1 Å². The third kappa shape index (κ3) is 2.55. The van der Waals surface area contributed by atoms with E-state index in [1.807, 2.05) is 0 Å². The summed E-state index contributed by atoms with van der Waals surface area (Å²) in [5, 5.41) is 1.74. The Morgan fingerprint density at radius 3 is 3.09 bits per heavy atom. The Balaban J connectivity index is 2.65. The van der Waals surface area contributed by atoms with Crippen LogP contribution in [0, 0.1) is 0 Å². The van der Waals surface area contributed by atoms with Crippen molar-refractivity contribution < 1.29 is 0 Å². The summed E-state index contributed by atoms with van der Waals surface area (Å²) in [5.41, 5.74) is 6.12. The van der Waals surface area contributed by atoms with Crippen LogP contribution in [0.3, 0.4) is 0 Å². The van der Waals surface area contributed by atoms with Crippen LogP contribution in [0.4, 0.5) is 0 Å². The highest BCUT2D eigenvalue weighted by atomic mass is 32.1. The smallest absolute Gasteiger partial charge is 0.304 e. The maximum Gasteiger partial charge on any atom is 0.304 e. The van der Waals surface area contributed by atoms with Gasteiger partial charge in [0.25, 0.3) is 0 Å². The number of amidine groups is 1. The predicted octanol–water partition coefficient (Wildman–Crippen LogP) is 0.313.